The molecule has 4 rings (SSSR count). The number of thiocarbonyl (C=S) groups is 1. The Bertz CT molecular complexity index is 1210. The van der Waals surface area contributed by atoms with Crippen molar-refractivity contribution in [3.05, 3.63) is 78.9 Å². The summed E-state index contributed by atoms with van der Waals surface area (Å²) in [6, 6.07) is 26.5. The highest BCUT2D eigenvalue weighted by molar-refractivity contribution is 7.80. The molecule has 174 valence electrons. The second kappa shape index (κ2) is 12.2. The zero-order valence-corrected chi connectivity index (χ0v) is 20.6. The zero-order chi connectivity index (χ0) is 23.6. The van der Waals surface area contributed by atoms with Crippen LogP contribution < -0.4 is 10.6 Å². The summed E-state index contributed by atoms with van der Waals surface area (Å²) in [5.74, 6) is 0. The Balaban J connectivity index is 1.50. The summed E-state index contributed by atoms with van der Waals surface area (Å²) in [5.41, 5.74) is 6.46. The Hall–Kier alpha value is -3.31. The number of fused-ring (bicyclic) bond motifs is 1. The van der Waals surface area contributed by atoms with Crippen molar-refractivity contribution < 1.29 is 0 Å². The van der Waals surface area contributed by atoms with Crippen LogP contribution in [0.25, 0.3) is 33.5 Å². The largest absolute Gasteiger partial charge is 0.362 e. The summed E-state index contributed by atoms with van der Waals surface area (Å²) in [5, 5.41) is 7.27. The molecule has 4 aromatic rings. The smallest absolute Gasteiger partial charge is 0.170 e. The van der Waals surface area contributed by atoms with Gasteiger partial charge in [0.05, 0.1) is 22.4 Å². The van der Waals surface area contributed by atoms with Crippen molar-refractivity contribution in [2.45, 2.75) is 45.4 Å². The van der Waals surface area contributed by atoms with Crippen molar-refractivity contribution in [2.75, 3.05) is 11.9 Å². The van der Waals surface area contributed by atoms with Crippen molar-refractivity contribution in [2.24, 2.45) is 0 Å². The lowest BCUT2D eigenvalue weighted by Crippen LogP contribution is -2.29. The number of nitrogens with one attached hydrogen (secondary N) is 2. The van der Waals surface area contributed by atoms with Crippen LogP contribution >= 0.6 is 12.2 Å². The van der Waals surface area contributed by atoms with Crippen molar-refractivity contribution >= 4 is 34.1 Å². The zero-order valence-electron chi connectivity index (χ0n) is 19.8. The quantitative estimate of drug-likeness (QED) is 0.185. The van der Waals surface area contributed by atoms with Crippen molar-refractivity contribution in [3.8, 4) is 22.5 Å². The standard InChI is InChI=1S/C29H32N4S/c1-2-3-4-5-6-13-20-30-29(34)31-24-18-19-25-26(21-24)33-28(23-16-11-8-12-17-23)27(32-25)22-14-9-7-10-15-22/h7-12,14-19,21H,2-6,13,20H2,1H3,(H2,30,31,34). The van der Waals surface area contributed by atoms with Crippen molar-refractivity contribution in [1.29, 1.82) is 0 Å². The number of hydrogen-bond donors (Lipinski definition) is 2. The number of unbranched alkanes of at least 4 members (excludes halogenated alkanes) is 5. The molecule has 0 amide bonds. The first-order chi connectivity index (χ1) is 16.7. The summed E-state index contributed by atoms with van der Waals surface area (Å²) >= 11 is 5.51. The Kier molecular flexibility index (Phi) is 8.58. The molecule has 0 aliphatic heterocycles. The van der Waals surface area contributed by atoms with Crippen LogP contribution in [-0.2, 0) is 0 Å². The summed E-state index contributed by atoms with van der Waals surface area (Å²) in [7, 11) is 0. The number of rotatable bonds is 10. The molecule has 0 saturated carbocycles. The fraction of sp³-hybridized carbons (Fsp3) is 0.276. The monoisotopic (exact) mass is 468 g/mol. The third-order valence-corrected chi connectivity index (χ3v) is 6.08. The van der Waals surface area contributed by atoms with Gasteiger partial charge in [0.25, 0.3) is 0 Å². The lowest BCUT2D eigenvalue weighted by atomic mass is 10.0. The molecule has 4 nitrogen and oxygen atoms in total. The molecule has 2 N–H and O–H groups in total. The molecule has 1 aromatic heterocycles. The highest BCUT2D eigenvalue weighted by Crippen LogP contribution is 2.31. The molecule has 0 aliphatic rings. The fourth-order valence-corrected chi connectivity index (χ4v) is 4.23. The summed E-state index contributed by atoms with van der Waals surface area (Å²) in [6.07, 6.45) is 7.62. The highest BCUT2D eigenvalue weighted by atomic mass is 32.1. The minimum absolute atomic E-state index is 0.644. The van der Waals surface area contributed by atoms with Crippen molar-refractivity contribution in [1.82, 2.24) is 15.3 Å². The second-order valence-electron chi connectivity index (χ2n) is 8.51. The Morgan fingerprint density at radius 2 is 1.29 bits per heavy atom. The molecule has 0 saturated heterocycles. The summed E-state index contributed by atoms with van der Waals surface area (Å²) in [4.78, 5) is 10.0. The van der Waals surface area contributed by atoms with Gasteiger partial charge in [-0.3, -0.25) is 0 Å². The van der Waals surface area contributed by atoms with E-state index >= 15 is 0 Å². The number of benzene rings is 3. The predicted molar refractivity (Wildman–Crippen MR) is 148 cm³/mol. The van der Waals surface area contributed by atoms with Crippen LogP contribution in [0.5, 0.6) is 0 Å². The molecule has 3 aromatic carbocycles. The average Bonchev–Trinajstić information content (AvgIpc) is 2.88. The van der Waals surface area contributed by atoms with E-state index in [-0.39, 0.29) is 0 Å². The molecular formula is C29H32N4S. The van der Waals surface area contributed by atoms with Crippen LogP contribution in [0.3, 0.4) is 0 Å². The van der Waals surface area contributed by atoms with E-state index < -0.39 is 0 Å². The first-order valence-corrected chi connectivity index (χ1v) is 12.6. The van der Waals surface area contributed by atoms with Crippen molar-refractivity contribution in [3.63, 3.8) is 0 Å². The van der Waals surface area contributed by atoms with Gasteiger partial charge in [0.2, 0.25) is 0 Å². The van der Waals surface area contributed by atoms with E-state index in [0.29, 0.717) is 5.11 Å². The van der Waals surface area contributed by atoms with E-state index in [1.807, 2.05) is 54.6 Å². The second-order valence-corrected chi connectivity index (χ2v) is 8.91. The van der Waals surface area contributed by atoms with Gasteiger partial charge >= 0.3 is 0 Å². The van der Waals surface area contributed by atoms with Crippen LogP contribution in [-0.4, -0.2) is 21.6 Å². The van der Waals surface area contributed by atoms with Crippen LogP contribution in [0.4, 0.5) is 5.69 Å². The SMILES string of the molecule is CCCCCCCCNC(=S)Nc1ccc2nc(-c3ccccc3)c(-c3ccccc3)nc2c1. The first kappa shape index (κ1) is 23.8. The Morgan fingerprint density at radius 1 is 0.706 bits per heavy atom. The Labute approximate surface area is 207 Å². The highest BCUT2D eigenvalue weighted by Gasteiger charge is 2.13. The van der Waals surface area contributed by atoms with E-state index in [4.69, 9.17) is 22.2 Å². The van der Waals surface area contributed by atoms with Gasteiger partial charge in [-0.1, -0.05) is 99.7 Å². The molecule has 5 heteroatoms. The number of hydrogen-bond acceptors (Lipinski definition) is 3. The van der Waals surface area contributed by atoms with Gasteiger partial charge in [0.15, 0.2) is 5.11 Å². The lowest BCUT2D eigenvalue weighted by Gasteiger charge is -2.13. The fourth-order valence-electron chi connectivity index (χ4n) is 4.01. The van der Waals surface area contributed by atoms with Gasteiger partial charge in [0, 0.05) is 23.4 Å². The molecule has 1 heterocycles. The summed E-state index contributed by atoms with van der Waals surface area (Å²) < 4.78 is 0. The molecule has 0 unspecified atom stereocenters. The normalized spacial score (nSPS) is 10.9. The van der Waals surface area contributed by atoms with Gasteiger partial charge in [0.1, 0.15) is 0 Å². The molecule has 0 fully saturated rings. The maximum Gasteiger partial charge on any atom is 0.170 e. The Morgan fingerprint density at radius 3 is 1.94 bits per heavy atom. The summed E-state index contributed by atoms with van der Waals surface area (Å²) in [6.45, 7) is 3.14. The lowest BCUT2D eigenvalue weighted by molar-refractivity contribution is 0.603. The van der Waals surface area contributed by atoms with Gasteiger partial charge in [-0.2, -0.15) is 0 Å². The van der Waals surface area contributed by atoms with Gasteiger partial charge in [-0.15, -0.1) is 0 Å². The van der Waals surface area contributed by atoms with E-state index in [0.717, 1.165) is 52.2 Å². The molecule has 0 atom stereocenters. The predicted octanol–water partition coefficient (Wildman–Crippen LogP) is 7.61. The molecule has 0 bridgehead atoms. The first-order valence-electron chi connectivity index (χ1n) is 12.2. The topological polar surface area (TPSA) is 49.8 Å². The van der Waals surface area contributed by atoms with Gasteiger partial charge in [-0.25, -0.2) is 9.97 Å². The third kappa shape index (κ3) is 6.39. The number of nitrogens with zero attached hydrogens (tertiary/aromatic N) is 2. The third-order valence-electron chi connectivity index (χ3n) is 5.83. The van der Waals surface area contributed by atoms with E-state index in [1.165, 1.54) is 32.1 Å². The number of anilines is 1. The minimum Gasteiger partial charge on any atom is -0.362 e. The van der Waals surface area contributed by atoms with Crippen LogP contribution in [0.2, 0.25) is 0 Å². The maximum atomic E-state index is 5.51. The maximum absolute atomic E-state index is 5.51. The van der Waals surface area contributed by atoms with Crippen LogP contribution in [0, 0.1) is 0 Å². The molecular weight excluding hydrogens is 436 g/mol. The molecule has 0 aliphatic carbocycles. The molecule has 34 heavy (non-hydrogen) atoms. The van der Waals surface area contributed by atoms with Crippen LogP contribution in [0.15, 0.2) is 78.9 Å². The minimum atomic E-state index is 0.644. The van der Waals surface area contributed by atoms with E-state index in [2.05, 4.69) is 41.8 Å². The molecule has 0 radical (unpaired) electrons. The molecule has 0 spiro atoms. The van der Waals surface area contributed by atoms with E-state index in [1.54, 1.807) is 0 Å². The van der Waals surface area contributed by atoms with Gasteiger partial charge in [-0.05, 0) is 36.8 Å². The van der Waals surface area contributed by atoms with Crippen LogP contribution in [0.1, 0.15) is 45.4 Å². The van der Waals surface area contributed by atoms with E-state index in [9.17, 15) is 0 Å². The van der Waals surface area contributed by atoms with Gasteiger partial charge < -0.3 is 10.6 Å². The average molecular weight is 469 g/mol. The number of aromatic nitrogens is 2.